The van der Waals surface area contributed by atoms with E-state index in [-0.39, 0.29) is 11.8 Å². The molecule has 1 atom stereocenters. The van der Waals surface area contributed by atoms with E-state index in [1.165, 1.54) is 23.3 Å². The van der Waals surface area contributed by atoms with Crippen LogP contribution in [0.2, 0.25) is 0 Å². The van der Waals surface area contributed by atoms with Gasteiger partial charge in [-0.15, -0.1) is 11.3 Å². The van der Waals surface area contributed by atoms with Gasteiger partial charge in [0.1, 0.15) is 0 Å². The van der Waals surface area contributed by atoms with Crippen molar-refractivity contribution < 1.29 is 9.32 Å². The number of amides is 1. The van der Waals surface area contributed by atoms with E-state index in [2.05, 4.69) is 15.5 Å². The van der Waals surface area contributed by atoms with Crippen LogP contribution in [0.25, 0.3) is 0 Å². The van der Waals surface area contributed by atoms with Crippen molar-refractivity contribution in [3.05, 3.63) is 33.1 Å². The van der Waals surface area contributed by atoms with E-state index in [1.807, 2.05) is 11.8 Å². The first-order chi connectivity index (χ1) is 11.2. The molecule has 0 aromatic carbocycles. The summed E-state index contributed by atoms with van der Waals surface area (Å²) in [5, 5.41) is 5.95. The maximum atomic E-state index is 13.0. The number of carbonyl (C=O) groups excluding carboxylic acids is 1. The number of hydrogen-bond donors (Lipinski definition) is 0. The van der Waals surface area contributed by atoms with Gasteiger partial charge < -0.3 is 9.42 Å². The number of nitrogens with zero attached hydrogens (tertiary/aromatic N) is 3. The topological polar surface area (TPSA) is 59.2 Å². The van der Waals surface area contributed by atoms with Crippen LogP contribution in [0.4, 0.5) is 0 Å². The molecule has 23 heavy (non-hydrogen) atoms. The Morgan fingerprint density at radius 2 is 2.22 bits per heavy atom. The number of piperidine rings is 1. The lowest BCUT2D eigenvalue weighted by atomic mass is 9.94. The summed E-state index contributed by atoms with van der Waals surface area (Å²) in [7, 11) is 0. The van der Waals surface area contributed by atoms with Crippen molar-refractivity contribution in [2.24, 2.45) is 0 Å². The van der Waals surface area contributed by atoms with Crippen LogP contribution in [0.3, 0.4) is 0 Å². The lowest BCUT2D eigenvalue weighted by molar-refractivity contribution is 0.0695. The molecule has 2 aromatic heterocycles. The lowest BCUT2D eigenvalue weighted by Crippen LogP contribution is -2.39. The summed E-state index contributed by atoms with van der Waals surface area (Å²) in [5.74, 6) is 1.69. The van der Waals surface area contributed by atoms with Crippen LogP contribution >= 0.6 is 11.3 Å². The van der Waals surface area contributed by atoms with E-state index in [1.54, 1.807) is 11.3 Å². The second-order valence-corrected chi connectivity index (χ2v) is 7.49. The third-order valence-electron chi connectivity index (χ3n) is 4.89. The number of carbonyl (C=O) groups is 1. The zero-order valence-corrected chi connectivity index (χ0v) is 14.2. The highest BCUT2D eigenvalue weighted by Gasteiger charge is 2.30. The predicted molar refractivity (Wildman–Crippen MR) is 87.9 cm³/mol. The van der Waals surface area contributed by atoms with Crippen LogP contribution in [-0.4, -0.2) is 34.0 Å². The van der Waals surface area contributed by atoms with Crippen LogP contribution in [0.1, 0.15) is 64.1 Å². The molecule has 1 amide bonds. The Morgan fingerprint density at radius 1 is 1.35 bits per heavy atom. The fraction of sp³-hybridized carbons (Fsp3) is 0.588. The van der Waals surface area contributed by atoms with Crippen LogP contribution in [0.5, 0.6) is 0 Å². The Balaban J connectivity index is 1.53. The van der Waals surface area contributed by atoms with Gasteiger partial charge in [0.25, 0.3) is 5.91 Å². The van der Waals surface area contributed by atoms with Crippen molar-refractivity contribution in [1.29, 1.82) is 0 Å². The van der Waals surface area contributed by atoms with Gasteiger partial charge >= 0.3 is 0 Å². The summed E-state index contributed by atoms with van der Waals surface area (Å²) in [6, 6.07) is 0. The molecular weight excluding hydrogens is 310 g/mol. The second-order valence-electron chi connectivity index (χ2n) is 6.53. The molecule has 1 unspecified atom stereocenters. The van der Waals surface area contributed by atoms with Gasteiger partial charge in [0.15, 0.2) is 5.82 Å². The quantitative estimate of drug-likeness (QED) is 0.847. The van der Waals surface area contributed by atoms with Gasteiger partial charge in [-0.3, -0.25) is 4.79 Å². The second kappa shape index (κ2) is 6.07. The average molecular weight is 331 g/mol. The first-order valence-electron chi connectivity index (χ1n) is 8.41. The number of aryl methyl sites for hydroxylation is 2. The zero-order valence-electron chi connectivity index (χ0n) is 13.4. The standard InChI is InChI=1S/C17H21N3O2S/c1-11-18-16(22-19-11)12-5-4-8-20(9-12)17(21)14-10-23-15-7-3-2-6-13(14)15/h10,12H,2-9H2,1H3. The Bertz CT molecular complexity index is 721. The molecule has 122 valence electrons. The molecule has 0 saturated carbocycles. The third-order valence-corrected chi connectivity index (χ3v) is 5.98. The smallest absolute Gasteiger partial charge is 0.255 e. The number of fused-ring (bicyclic) bond motifs is 1. The van der Waals surface area contributed by atoms with E-state index < -0.39 is 0 Å². The summed E-state index contributed by atoms with van der Waals surface area (Å²) in [6.45, 7) is 3.34. The first kappa shape index (κ1) is 14.9. The zero-order chi connectivity index (χ0) is 15.8. The molecule has 2 aromatic rings. The average Bonchev–Trinajstić information content (AvgIpc) is 3.20. The van der Waals surface area contributed by atoms with Gasteiger partial charge in [-0.05, 0) is 51.0 Å². The molecule has 0 spiro atoms. The van der Waals surface area contributed by atoms with Crippen molar-refractivity contribution in [3.63, 3.8) is 0 Å². The van der Waals surface area contributed by atoms with Gasteiger partial charge in [-0.2, -0.15) is 4.98 Å². The summed E-state index contributed by atoms with van der Waals surface area (Å²) in [5.41, 5.74) is 2.24. The first-order valence-corrected chi connectivity index (χ1v) is 9.29. The molecule has 1 fully saturated rings. The van der Waals surface area contributed by atoms with Crippen LogP contribution in [-0.2, 0) is 12.8 Å². The van der Waals surface area contributed by atoms with E-state index in [0.29, 0.717) is 18.3 Å². The van der Waals surface area contributed by atoms with Gasteiger partial charge in [0.2, 0.25) is 5.89 Å². The Morgan fingerprint density at radius 3 is 3.04 bits per heavy atom. The normalized spacial score (nSPS) is 21.3. The fourth-order valence-corrected chi connectivity index (χ4v) is 4.81. The van der Waals surface area contributed by atoms with Crippen molar-refractivity contribution in [1.82, 2.24) is 15.0 Å². The number of aromatic nitrogens is 2. The summed E-state index contributed by atoms with van der Waals surface area (Å²) in [6.07, 6.45) is 6.64. The minimum absolute atomic E-state index is 0.170. The molecule has 3 heterocycles. The summed E-state index contributed by atoms with van der Waals surface area (Å²) in [4.78, 5) is 20.7. The van der Waals surface area contributed by atoms with E-state index in [0.717, 1.165) is 37.8 Å². The van der Waals surface area contributed by atoms with E-state index in [4.69, 9.17) is 4.52 Å². The highest BCUT2D eigenvalue weighted by Crippen LogP contribution is 2.33. The van der Waals surface area contributed by atoms with Crippen molar-refractivity contribution >= 4 is 17.2 Å². The Hall–Kier alpha value is -1.69. The summed E-state index contributed by atoms with van der Waals surface area (Å²) >= 11 is 1.76. The van der Waals surface area contributed by atoms with Gasteiger partial charge in [-0.25, -0.2) is 0 Å². The highest BCUT2D eigenvalue weighted by atomic mass is 32.1. The molecule has 1 aliphatic heterocycles. The van der Waals surface area contributed by atoms with Crippen molar-refractivity contribution in [3.8, 4) is 0 Å². The van der Waals surface area contributed by atoms with Crippen molar-refractivity contribution in [2.75, 3.05) is 13.1 Å². The molecule has 1 saturated heterocycles. The molecule has 6 heteroatoms. The molecule has 2 aliphatic rings. The third kappa shape index (κ3) is 2.80. The predicted octanol–water partition coefficient (Wildman–Crippen LogP) is 3.34. The van der Waals surface area contributed by atoms with E-state index >= 15 is 0 Å². The number of rotatable bonds is 2. The molecule has 1 aliphatic carbocycles. The molecule has 0 bridgehead atoms. The fourth-order valence-electron chi connectivity index (χ4n) is 3.69. The molecular formula is C17H21N3O2S. The Kier molecular flexibility index (Phi) is 3.93. The maximum absolute atomic E-state index is 13.0. The molecule has 5 nitrogen and oxygen atoms in total. The molecule has 4 rings (SSSR count). The highest BCUT2D eigenvalue weighted by molar-refractivity contribution is 7.10. The number of likely N-dealkylation sites (tertiary alicyclic amines) is 1. The SMILES string of the molecule is Cc1noc(C2CCCN(C(=O)c3csc4c3CCCC4)C2)n1. The molecule has 0 N–H and O–H groups in total. The monoisotopic (exact) mass is 331 g/mol. The molecule has 0 radical (unpaired) electrons. The van der Waals surface area contributed by atoms with Crippen molar-refractivity contribution in [2.45, 2.75) is 51.4 Å². The van der Waals surface area contributed by atoms with E-state index in [9.17, 15) is 4.79 Å². The van der Waals surface area contributed by atoms with Gasteiger partial charge in [-0.1, -0.05) is 5.16 Å². The minimum Gasteiger partial charge on any atom is -0.339 e. The Labute approximate surface area is 139 Å². The minimum atomic E-state index is 0.170. The van der Waals surface area contributed by atoms with Crippen LogP contribution < -0.4 is 0 Å². The van der Waals surface area contributed by atoms with Gasteiger partial charge in [0.05, 0.1) is 11.5 Å². The largest absolute Gasteiger partial charge is 0.339 e. The number of thiophene rings is 1. The lowest BCUT2D eigenvalue weighted by Gasteiger charge is -2.31. The maximum Gasteiger partial charge on any atom is 0.255 e. The summed E-state index contributed by atoms with van der Waals surface area (Å²) < 4.78 is 5.32. The van der Waals surface area contributed by atoms with Crippen LogP contribution in [0, 0.1) is 6.92 Å². The number of hydrogen-bond acceptors (Lipinski definition) is 5. The van der Waals surface area contributed by atoms with Crippen LogP contribution in [0.15, 0.2) is 9.90 Å². The van der Waals surface area contributed by atoms with Gasteiger partial charge in [0, 0.05) is 23.3 Å².